The molecule has 1 atom stereocenters. The first-order valence-electron chi connectivity index (χ1n) is 8.70. The Morgan fingerprint density at radius 2 is 1.59 bits per heavy atom. The van der Waals surface area contributed by atoms with Gasteiger partial charge in [0.15, 0.2) is 0 Å². The lowest BCUT2D eigenvalue weighted by Crippen LogP contribution is -2.27. The molecular formula is C21H18F2N2O3S. The van der Waals surface area contributed by atoms with Gasteiger partial charge in [-0.05, 0) is 55.0 Å². The number of amides is 1. The van der Waals surface area contributed by atoms with Crippen LogP contribution in [0, 0.1) is 11.6 Å². The Bertz CT molecular complexity index is 1120. The zero-order chi connectivity index (χ0) is 21.0. The lowest BCUT2D eigenvalue weighted by Gasteiger charge is -2.15. The average molecular weight is 416 g/mol. The van der Waals surface area contributed by atoms with Gasteiger partial charge in [0.25, 0.3) is 5.91 Å². The van der Waals surface area contributed by atoms with Crippen LogP contribution in [0.3, 0.4) is 0 Å². The van der Waals surface area contributed by atoms with E-state index in [0.717, 1.165) is 23.8 Å². The van der Waals surface area contributed by atoms with Crippen molar-refractivity contribution in [2.24, 2.45) is 0 Å². The summed E-state index contributed by atoms with van der Waals surface area (Å²) in [6, 6.07) is 16.4. The molecule has 29 heavy (non-hydrogen) atoms. The third-order valence-corrected chi connectivity index (χ3v) is 5.78. The zero-order valence-corrected chi connectivity index (χ0v) is 16.2. The van der Waals surface area contributed by atoms with Gasteiger partial charge < -0.3 is 5.32 Å². The molecule has 0 bridgehead atoms. The summed E-state index contributed by atoms with van der Waals surface area (Å²) in [6.45, 7) is 1.68. The Morgan fingerprint density at radius 1 is 0.931 bits per heavy atom. The molecule has 8 heteroatoms. The maximum Gasteiger partial charge on any atom is 0.255 e. The average Bonchev–Trinajstić information content (AvgIpc) is 2.70. The minimum Gasteiger partial charge on any atom is -0.319 e. The molecule has 0 fully saturated rings. The van der Waals surface area contributed by atoms with E-state index < -0.39 is 33.6 Å². The molecule has 3 rings (SSSR count). The maximum atomic E-state index is 14.4. The van der Waals surface area contributed by atoms with Crippen molar-refractivity contribution < 1.29 is 22.0 Å². The third-order valence-electron chi connectivity index (χ3n) is 4.24. The number of rotatable bonds is 6. The topological polar surface area (TPSA) is 75.3 Å². The van der Waals surface area contributed by atoms with Gasteiger partial charge in [0.1, 0.15) is 11.6 Å². The van der Waals surface area contributed by atoms with E-state index in [-0.39, 0.29) is 16.1 Å². The number of benzene rings is 3. The maximum absolute atomic E-state index is 14.4. The van der Waals surface area contributed by atoms with E-state index in [2.05, 4.69) is 10.0 Å². The Hall–Kier alpha value is -3.10. The second kappa shape index (κ2) is 8.50. The molecular weight excluding hydrogens is 398 g/mol. The van der Waals surface area contributed by atoms with Crippen molar-refractivity contribution in [3.8, 4) is 0 Å². The monoisotopic (exact) mass is 416 g/mol. The van der Waals surface area contributed by atoms with Gasteiger partial charge in [0.05, 0.1) is 10.6 Å². The van der Waals surface area contributed by atoms with Gasteiger partial charge in [-0.2, -0.15) is 0 Å². The van der Waals surface area contributed by atoms with Gasteiger partial charge in [-0.1, -0.05) is 30.3 Å². The molecule has 0 aliphatic heterocycles. The van der Waals surface area contributed by atoms with Crippen LogP contribution in [0.2, 0.25) is 0 Å². The fourth-order valence-corrected chi connectivity index (χ4v) is 3.91. The molecule has 0 saturated carbocycles. The number of carbonyl (C=O) groups is 1. The standard InChI is InChI=1S/C21H18F2N2O3S/c1-14(15-5-3-2-4-6-15)25-29(27,28)18-11-12-20(19(23)13-18)24-21(26)16-7-9-17(22)10-8-16/h2-14,25H,1H3,(H,24,26)/t14-/m1/s1. The van der Waals surface area contributed by atoms with Crippen molar-refractivity contribution in [2.45, 2.75) is 17.9 Å². The smallest absolute Gasteiger partial charge is 0.255 e. The van der Waals surface area contributed by atoms with Crippen molar-refractivity contribution in [1.29, 1.82) is 0 Å². The predicted molar refractivity (Wildman–Crippen MR) is 106 cm³/mol. The number of anilines is 1. The van der Waals surface area contributed by atoms with Crippen molar-refractivity contribution in [2.75, 3.05) is 5.32 Å². The van der Waals surface area contributed by atoms with Crippen LogP contribution in [0.25, 0.3) is 0 Å². The molecule has 1 amide bonds. The second-order valence-corrected chi connectivity index (χ2v) is 8.07. The van der Waals surface area contributed by atoms with E-state index in [0.29, 0.717) is 0 Å². The largest absolute Gasteiger partial charge is 0.319 e. The first-order chi connectivity index (χ1) is 13.8. The van der Waals surface area contributed by atoms with E-state index >= 15 is 0 Å². The number of nitrogens with one attached hydrogen (secondary N) is 2. The molecule has 3 aromatic rings. The first kappa shape index (κ1) is 20.6. The van der Waals surface area contributed by atoms with E-state index in [1.54, 1.807) is 31.2 Å². The number of hydrogen-bond acceptors (Lipinski definition) is 3. The highest BCUT2D eigenvalue weighted by Crippen LogP contribution is 2.22. The molecule has 0 radical (unpaired) electrons. The van der Waals surface area contributed by atoms with Gasteiger partial charge >= 0.3 is 0 Å². The molecule has 0 spiro atoms. The second-order valence-electron chi connectivity index (χ2n) is 6.36. The van der Waals surface area contributed by atoms with Crippen LogP contribution in [0.5, 0.6) is 0 Å². The Kier molecular flexibility index (Phi) is 6.05. The minimum atomic E-state index is -3.98. The highest BCUT2D eigenvalue weighted by Gasteiger charge is 2.20. The van der Waals surface area contributed by atoms with Crippen molar-refractivity contribution in [1.82, 2.24) is 4.72 Å². The van der Waals surface area contributed by atoms with Crippen LogP contribution in [0.4, 0.5) is 14.5 Å². The number of hydrogen-bond donors (Lipinski definition) is 2. The van der Waals surface area contributed by atoms with Crippen LogP contribution in [-0.4, -0.2) is 14.3 Å². The predicted octanol–water partition coefficient (Wildman–Crippen LogP) is 4.26. The van der Waals surface area contributed by atoms with Crippen LogP contribution in [0.15, 0.2) is 77.7 Å². The number of carbonyl (C=O) groups excluding carboxylic acids is 1. The molecule has 3 aromatic carbocycles. The fraction of sp³-hybridized carbons (Fsp3) is 0.0952. The van der Waals surface area contributed by atoms with Gasteiger partial charge in [-0.3, -0.25) is 4.79 Å². The first-order valence-corrected chi connectivity index (χ1v) is 10.2. The van der Waals surface area contributed by atoms with E-state index in [1.807, 2.05) is 6.07 Å². The molecule has 0 heterocycles. The molecule has 0 aliphatic rings. The molecule has 0 unspecified atom stereocenters. The lowest BCUT2D eigenvalue weighted by atomic mass is 10.1. The zero-order valence-electron chi connectivity index (χ0n) is 15.4. The minimum absolute atomic E-state index is 0.140. The van der Waals surface area contributed by atoms with Gasteiger partial charge in [-0.15, -0.1) is 0 Å². The summed E-state index contributed by atoms with van der Waals surface area (Å²) in [5, 5.41) is 2.34. The molecule has 5 nitrogen and oxygen atoms in total. The SMILES string of the molecule is C[C@@H](NS(=O)(=O)c1ccc(NC(=O)c2ccc(F)cc2)c(F)c1)c1ccccc1. The van der Waals surface area contributed by atoms with Crippen LogP contribution >= 0.6 is 0 Å². The van der Waals surface area contributed by atoms with Gasteiger partial charge in [0, 0.05) is 11.6 Å². The van der Waals surface area contributed by atoms with Crippen molar-refractivity contribution in [3.63, 3.8) is 0 Å². The summed E-state index contributed by atoms with van der Waals surface area (Å²) >= 11 is 0. The summed E-state index contributed by atoms with van der Waals surface area (Å²) in [4.78, 5) is 11.9. The van der Waals surface area contributed by atoms with Crippen LogP contribution in [0.1, 0.15) is 28.9 Å². The molecule has 0 aromatic heterocycles. The summed E-state index contributed by atoms with van der Waals surface area (Å²) < 4.78 is 55.0. The third kappa shape index (κ3) is 5.04. The molecule has 150 valence electrons. The highest BCUT2D eigenvalue weighted by molar-refractivity contribution is 7.89. The number of halogens is 2. The molecule has 2 N–H and O–H groups in total. The summed E-state index contributed by atoms with van der Waals surface area (Å²) in [5.74, 6) is -2.05. The van der Waals surface area contributed by atoms with Crippen molar-refractivity contribution >= 4 is 21.6 Å². The van der Waals surface area contributed by atoms with Crippen LogP contribution < -0.4 is 10.0 Å². The normalized spacial score (nSPS) is 12.4. The highest BCUT2D eigenvalue weighted by atomic mass is 32.2. The molecule has 0 saturated heterocycles. The van der Waals surface area contributed by atoms with E-state index in [4.69, 9.17) is 0 Å². The Balaban J connectivity index is 1.76. The van der Waals surface area contributed by atoms with E-state index in [1.165, 1.54) is 24.3 Å². The Morgan fingerprint density at radius 3 is 2.21 bits per heavy atom. The summed E-state index contributed by atoms with van der Waals surface area (Å²) in [5.41, 5.74) is 0.718. The summed E-state index contributed by atoms with van der Waals surface area (Å²) in [7, 11) is -3.98. The fourth-order valence-electron chi connectivity index (χ4n) is 2.67. The molecule has 0 aliphatic carbocycles. The quantitative estimate of drug-likeness (QED) is 0.631. The van der Waals surface area contributed by atoms with E-state index in [9.17, 15) is 22.0 Å². The van der Waals surface area contributed by atoms with Gasteiger partial charge in [-0.25, -0.2) is 21.9 Å². The summed E-state index contributed by atoms with van der Waals surface area (Å²) in [6.07, 6.45) is 0. The van der Waals surface area contributed by atoms with Gasteiger partial charge in [0.2, 0.25) is 10.0 Å². The van der Waals surface area contributed by atoms with Crippen molar-refractivity contribution in [3.05, 3.63) is 95.6 Å². The van der Waals surface area contributed by atoms with Crippen LogP contribution in [-0.2, 0) is 10.0 Å². The lowest BCUT2D eigenvalue weighted by molar-refractivity contribution is 0.102. The Labute approximate surface area is 167 Å². The number of sulfonamides is 1.